The average Bonchev–Trinajstić information content (AvgIpc) is 2.62. The highest BCUT2D eigenvalue weighted by molar-refractivity contribution is 5.98. The smallest absolute Gasteiger partial charge is 0.226 e. The average molecular weight is 356 g/mol. The number of carbonyl (C=O) groups excluding carboxylic acids is 3. The minimum Gasteiger partial charge on any atom is -0.356 e. The predicted octanol–water partition coefficient (Wildman–Crippen LogP) is 2.91. The molecule has 2 N–H and O–H groups in total. The minimum absolute atomic E-state index is 0.0459. The Kier molecular flexibility index (Phi) is 6.42. The standard InChI is InChI=1S/C21H28N2O3/c24-19(12-16-13-20(25)23-21(26)14-16)22-11-10-15-6-8-18(9-7-15)17-4-2-1-3-5-17/h1-5,15-16,18H,6-14H2,(H,22,24)(H,23,25,26). The first-order valence-corrected chi connectivity index (χ1v) is 9.74. The van der Waals surface area contributed by atoms with E-state index in [2.05, 4.69) is 41.0 Å². The van der Waals surface area contributed by atoms with Gasteiger partial charge in [-0.05, 0) is 55.4 Å². The number of nitrogens with one attached hydrogen (secondary N) is 2. The molecule has 1 heterocycles. The molecule has 0 unspecified atom stereocenters. The molecule has 1 aromatic carbocycles. The Balaban J connectivity index is 1.32. The van der Waals surface area contributed by atoms with E-state index in [1.54, 1.807) is 0 Å². The van der Waals surface area contributed by atoms with Crippen LogP contribution in [0.15, 0.2) is 30.3 Å². The molecule has 0 bridgehead atoms. The lowest BCUT2D eigenvalue weighted by atomic mass is 9.77. The van der Waals surface area contributed by atoms with Crippen LogP contribution < -0.4 is 10.6 Å². The van der Waals surface area contributed by atoms with E-state index in [1.807, 2.05) is 0 Å². The Bertz CT molecular complexity index is 620. The third-order valence-electron chi connectivity index (χ3n) is 5.69. The van der Waals surface area contributed by atoms with Crippen molar-refractivity contribution in [2.45, 2.75) is 57.3 Å². The van der Waals surface area contributed by atoms with Gasteiger partial charge in [-0.3, -0.25) is 19.7 Å². The second kappa shape index (κ2) is 8.97. The molecule has 2 fully saturated rings. The van der Waals surface area contributed by atoms with Gasteiger partial charge in [0, 0.05) is 25.8 Å². The van der Waals surface area contributed by atoms with Crippen molar-refractivity contribution in [1.29, 1.82) is 0 Å². The Morgan fingerprint density at radius 3 is 2.27 bits per heavy atom. The Morgan fingerprint density at radius 2 is 1.62 bits per heavy atom. The Morgan fingerprint density at radius 1 is 0.962 bits per heavy atom. The van der Waals surface area contributed by atoms with Crippen molar-refractivity contribution in [3.8, 4) is 0 Å². The van der Waals surface area contributed by atoms with E-state index in [1.165, 1.54) is 31.2 Å². The largest absolute Gasteiger partial charge is 0.356 e. The number of carbonyl (C=O) groups is 3. The number of hydrogen-bond donors (Lipinski definition) is 2. The predicted molar refractivity (Wildman–Crippen MR) is 99.3 cm³/mol. The van der Waals surface area contributed by atoms with Crippen LogP contribution in [0.1, 0.15) is 62.8 Å². The van der Waals surface area contributed by atoms with Gasteiger partial charge in [0.2, 0.25) is 17.7 Å². The third-order valence-corrected chi connectivity index (χ3v) is 5.69. The van der Waals surface area contributed by atoms with E-state index in [9.17, 15) is 14.4 Å². The zero-order valence-corrected chi connectivity index (χ0v) is 15.2. The number of benzene rings is 1. The number of amides is 3. The summed E-state index contributed by atoms with van der Waals surface area (Å²) in [5, 5.41) is 5.24. The summed E-state index contributed by atoms with van der Waals surface area (Å²) in [6.07, 6.45) is 6.69. The summed E-state index contributed by atoms with van der Waals surface area (Å²) in [5.41, 5.74) is 1.45. The van der Waals surface area contributed by atoms with Crippen LogP contribution in [0, 0.1) is 11.8 Å². The topological polar surface area (TPSA) is 75.3 Å². The van der Waals surface area contributed by atoms with Gasteiger partial charge in [-0.1, -0.05) is 30.3 Å². The molecular formula is C21H28N2O3. The van der Waals surface area contributed by atoms with Crippen LogP contribution in [0.3, 0.4) is 0 Å². The molecule has 3 rings (SSSR count). The molecule has 5 nitrogen and oxygen atoms in total. The SMILES string of the molecule is O=C(CC1CC(=O)NC(=O)C1)NCCC1CCC(c2ccccc2)CC1. The molecule has 1 aliphatic heterocycles. The molecule has 0 aromatic heterocycles. The molecule has 2 aliphatic rings. The van der Waals surface area contributed by atoms with Gasteiger partial charge in [0.25, 0.3) is 0 Å². The van der Waals surface area contributed by atoms with E-state index >= 15 is 0 Å². The molecule has 26 heavy (non-hydrogen) atoms. The molecule has 0 spiro atoms. The quantitative estimate of drug-likeness (QED) is 0.770. The molecule has 3 amide bonds. The van der Waals surface area contributed by atoms with E-state index in [4.69, 9.17) is 0 Å². The number of imide groups is 1. The van der Waals surface area contributed by atoms with Crippen molar-refractivity contribution in [3.63, 3.8) is 0 Å². The fourth-order valence-corrected chi connectivity index (χ4v) is 4.26. The third kappa shape index (κ3) is 5.41. The number of piperidine rings is 1. The zero-order valence-electron chi connectivity index (χ0n) is 15.2. The molecule has 1 saturated heterocycles. The maximum atomic E-state index is 12.0. The van der Waals surface area contributed by atoms with Crippen LogP contribution in [0.4, 0.5) is 0 Å². The molecule has 0 radical (unpaired) electrons. The first-order chi connectivity index (χ1) is 12.6. The highest BCUT2D eigenvalue weighted by Gasteiger charge is 2.27. The van der Waals surface area contributed by atoms with Gasteiger partial charge in [-0.25, -0.2) is 0 Å². The lowest BCUT2D eigenvalue weighted by Gasteiger charge is -2.29. The summed E-state index contributed by atoms with van der Waals surface area (Å²) in [6.45, 7) is 0.687. The normalized spacial score (nSPS) is 24.2. The molecule has 1 aliphatic carbocycles. The van der Waals surface area contributed by atoms with Crippen LogP contribution in [0.2, 0.25) is 0 Å². The fourth-order valence-electron chi connectivity index (χ4n) is 4.26. The lowest BCUT2D eigenvalue weighted by Crippen LogP contribution is -2.40. The van der Waals surface area contributed by atoms with Crippen LogP contribution in [0.5, 0.6) is 0 Å². The highest BCUT2D eigenvalue weighted by atomic mass is 16.2. The van der Waals surface area contributed by atoms with Crippen LogP contribution in [-0.4, -0.2) is 24.3 Å². The first-order valence-electron chi connectivity index (χ1n) is 9.74. The zero-order chi connectivity index (χ0) is 18.4. The van der Waals surface area contributed by atoms with Crippen molar-refractivity contribution >= 4 is 17.7 Å². The highest BCUT2D eigenvalue weighted by Crippen LogP contribution is 2.36. The molecule has 1 aromatic rings. The van der Waals surface area contributed by atoms with Crippen molar-refractivity contribution in [3.05, 3.63) is 35.9 Å². The fraction of sp³-hybridized carbons (Fsp3) is 0.571. The van der Waals surface area contributed by atoms with E-state index in [0.29, 0.717) is 18.4 Å². The molecule has 1 saturated carbocycles. The van der Waals surface area contributed by atoms with Gasteiger partial charge in [0.1, 0.15) is 0 Å². The lowest BCUT2D eigenvalue weighted by molar-refractivity contribution is -0.135. The monoisotopic (exact) mass is 356 g/mol. The van der Waals surface area contributed by atoms with Gasteiger partial charge < -0.3 is 5.32 Å². The van der Waals surface area contributed by atoms with Gasteiger partial charge in [-0.15, -0.1) is 0 Å². The van der Waals surface area contributed by atoms with Gasteiger partial charge in [-0.2, -0.15) is 0 Å². The summed E-state index contributed by atoms with van der Waals surface area (Å²) in [7, 11) is 0. The second-order valence-corrected chi connectivity index (χ2v) is 7.72. The van der Waals surface area contributed by atoms with E-state index in [-0.39, 0.29) is 42.9 Å². The molecular weight excluding hydrogens is 328 g/mol. The van der Waals surface area contributed by atoms with Gasteiger partial charge in [0.05, 0.1) is 0 Å². The van der Waals surface area contributed by atoms with E-state index < -0.39 is 0 Å². The summed E-state index contributed by atoms with van der Waals surface area (Å²) >= 11 is 0. The minimum atomic E-state index is -0.269. The van der Waals surface area contributed by atoms with Crippen LogP contribution >= 0.6 is 0 Å². The summed E-state index contributed by atoms with van der Waals surface area (Å²) in [4.78, 5) is 34.8. The number of rotatable bonds is 6. The molecule has 0 atom stereocenters. The maximum absolute atomic E-state index is 12.0. The summed E-state index contributed by atoms with van der Waals surface area (Å²) in [6, 6.07) is 10.7. The second-order valence-electron chi connectivity index (χ2n) is 7.72. The number of hydrogen-bond acceptors (Lipinski definition) is 3. The first kappa shape index (κ1) is 18.6. The van der Waals surface area contributed by atoms with Crippen LogP contribution in [0.25, 0.3) is 0 Å². The summed E-state index contributed by atoms with van der Waals surface area (Å²) in [5.74, 6) is 0.616. The van der Waals surface area contributed by atoms with Gasteiger partial charge in [0.15, 0.2) is 0 Å². The van der Waals surface area contributed by atoms with E-state index in [0.717, 1.165) is 6.42 Å². The molecule has 5 heteroatoms. The molecule has 140 valence electrons. The van der Waals surface area contributed by atoms with Crippen molar-refractivity contribution in [2.24, 2.45) is 11.8 Å². The van der Waals surface area contributed by atoms with Crippen molar-refractivity contribution in [2.75, 3.05) is 6.54 Å². The summed E-state index contributed by atoms with van der Waals surface area (Å²) < 4.78 is 0. The maximum Gasteiger partial charge on any atom is 0.226 e. The van der Waals surface area contributed by atoms with Crippen LogP contribution in [-0.2, 0) is 14.4 Å². The Labute approximate surface area is 154 Å². The van der Waals surface area contributed by atoms with Crippen molar-refractivity contribution in [1.82, 2.24) is 10.6 Å². The Hall–Kier alpha value is -2.17. The van der Waals surface area contributed by atoms with Gasteiger partial charge >= 0.3 is 0 Å². The van der Waals surface area contributed by atoms with Crippen molar-refractivity contribution < 1.29 is 14.4 Å².